The number of aromatic nitrogens is 2. The Hall–Kier alpha value is -3.07. The van der Waals surface area contributed by atoms with Gasteiger partial charge < -0.3 is 10.2 Å². The van der Waals surface area contributed by atoms with Crippen molar-refractivity contribution in [2.45, 2.75) is 32.7 Å². The van der Waals surface area contributed by atoms with Gasteiger partial charge in [-0.3, -0.25) is 9.20 Å². The Morgan fingerprint density at radius 3 is 2.73 bits per heavy atom. The largest absolute Gasteiger partial charge is 0.358 e. The maximum Gasteiger partial charge on any atom is 0.217 e. The number of imidazole rings is 1. The van der Waals surface area contributed by atoms with Crippen molar-refractivity contribution in [1.29, 1.82) is 5.26 Å². The summed E-state index contributed by atoms with van der Waals surface area (Å²) in [6.07, 6.45) is 1.82. The molecule has 0 bridgehead atoms. The Morgan fingerprint density at radius 2 is 2.04 bits per heavy atom. The third kappa shape index (κ3) is 2.66. The highest BCUT2D eigenvalue weighted by atomic mass is 16.1. The normalized spacial score (nSPS) is 15.3. The van der Waals surface area contributed by atoms with Gasteiger partial charge in [0.05, 0.1) is 16.6 Å². The zero-order valence-corrected chi connectivity index (χ0v) is 15.0. The van der Waals surface area contributed by atoms with Crippen LogP contribution < -0.4 is 10.2 Å². The van der Waals surface area contributed by atoms with Crippen LogP contribution in [0.1, 0.15) is 30.9 Å². The Morgan fingerprint density at radius 1 is 1.31 bits per heavy atom. The standard InChI is InChI=1S/C20H21N5O/c1-13-11-19(24-9-7-15(8-10-24)22-14(2)26)25-18-6-4-3-5-17(18)23-20(25)16(13)12-21/h3-6,11,15H,7-10H2,1-2H3,(H,22,26). The number of hydrogen-bond donors (Lipinski definition) is 1. The molecular weight excluding hydrogens is 326 g/mol. The van der Waals surface area contributed by atoms with Gasteiger partial charge in [0.1, 0.15) is 11.9 Å². The topological polar surface area (TPSA) is 73.4 Å². The number of piperidine rings is 1. The molecule has 6 heteroatoms. The lowest BCUT2D eigenvalue weighted by molar-refractivity contribution is -0.119. The van der Waals surface area contributed by atoms with E-state index in [1.165, 1.54) is 0 Å². The molecule has 3 aromatic rings. The maximum absolute atomic E-state index is 11.3. The van der Waals surface area contributed by atoms with E-state index >= 15 is 0 Å². The summed E-state index contributed by atoms with van der Waals surface area (Å²) in [4.78, 5) is 18.3. The number of carbonyl (C=O) groups excluding carboxylic acids is 1. The number of pyridine rings is 1. The lowest BCUT2D eigenvalue weighted by Gasteiger charge is -2.34. The zero-order chi connectivity index (χ0) is 18.3. The number of nitrogens with one attached hydrogen (secondary N) is 1. The van der Waals surface area contributed by atoms with E-state index in [0.29, 0.717) is 11.2 Å². The Labute approximate surface area is 152 Å². The molecule has 1 amide bonds. The predicted octanol–water partition coefficient (Wildman–Crippen LogP) is 2.77. The van der Waals surface area contributed by atoms with E-state index in [1.807, 2.05) is 31.2 Å². The van der Waals surface area contributed by atoms with Crippen molar-refractivity contribution in [2.75, 3.05) is 18.0 Å². The van der Waals surface area contributed by atoms with E-state index in [0.717, 1.165) is 48.3 Å². The second-order valence-electron chi connectivity index (χ2n) is 6.89. The summed E-state index contributed by atoms with van der Waals surface area (Å²) in [5.74, 6) is 1.09. The fourth-order valence-corrected chi connectivity index (χ4v) is 3.84. The van der Waals surface area contributed by atoms with Crippen LogP contribution in [-0.4, -0.2) is 34.4 Å². The number of aryl methyl sites for hydroxylation is 1. The van der Waals surface area contributed by atoms with Gasteiger partial charge in [0.25, 0.3) is 0 Å². The number of para-hydroxylation sites is 2. The second-order valence-corrected chi connectivity index (χ2v) is 6.89. The van der Waals surface area contributed by atoms with Crippen LogP contribution in [0.2, 0.25) is 0 Å². The van der Waals surface area contributed by atoms with Crippen molar-refractivity contribution in [1.82, 2.24) is 14.7 Å². The summed E-state index contributed by atoms with van der Waals surface area (Å²) in [7, 11) is 0. The van der Waals surface area contributed by atoms with Gasteiger partial charge in [-0.15, -0.1) is 0 Å². The van der Waals surface area contributed by atoms with Crippen LogP contribution >= 0.6 is 0 Å². The third-order valence-electron chi connectivity index (χ3n) is 5.09. The first-order valence-electron chi connectivity index (χ1n) is 8.91. The Bertz CT molecular complexity index is 1040. The second kappa shape index (κ2) is 6.34. The first-order valence-corrected chi connectivity index (χ1v) is 8.91. The summed E-state index contributed by atoms with van der Waals surface area (Å²) >= 11 is 0. The van der Waals surface area contributed by atoms with Gasteiger partial charge >= 0.3 is 0 Å². The first-order chi connectivity index (χ1) is 12.6. The van der Waals surface area contributed by atoms with Crippen LogP contribution in [0.3, 0.4) is 0 Å². The predicted molar refractivity (Wildman–Crippen MR) is 101 cm³/mol. The van der Waals surface area contributed by atoms with E-state index < -0.39 is 0 Å². The first kappa shape index (κ1) is 16.4. The number of fused-ring (bicyclic) bond motifs is 3. The highest BCUT2D eigenvalue weighted by Gasteiger charge is 2.24. The summed E-state index contributed by atoms with van der Waals surface area (Å²) < 4.78 is 2.10. The van der Waals surface area contributed by atoms with E-state index in [4.69, 9.17) is 4.98 Å². The van der Waals surface area contributed by atoms with Gasteiger partial charge in [-0.05, 0) is 43.5 Å². The van der Waals surface area contributed by atoms with Crippen LogP contribution in [-0.2, 0) is 4.79 Å². The van der Waals surface area contributed by atoms with Crippen molar-refractivity contribution in [3.8, 4) is 6.07 Å². The molecule has 0 radical (unpaired) electrons. The monoisotopic (exact) mass is 347 g/mol. The number of hydrogen-bond acceptors (Lipinski definition) is 4. The van der Waals surface area contributed by atoms with Crippen LogP contribution in [0.25, 0.3) is 16.7 Å². The minimum atomic E-state index is 0.0284. The Balaban J connectivity index is 1.81. The quantitative estimate of drug-likeness (QED) is 0.774. The minimum absolute atomic E-state index is 0.0284. The molecule has 1 saturated heterocycles. The summed E-state index contributed by atoms with van der Waals surface area (Å²) in [6.45, 7) is 5.25. The van der Waals surface area contributed by atoms with E-state index in [9.17, 15) is 10.1 Å². The molecule has 0 saturated carbocycles. The van der Waals surface area contributed by atoms with Crippen LogP contribution in [0.15, 0.2) is 30.3 Å². The molecule has 26 heavy (non-hydrogen) atoms. The number of nitrogens with zero attached hydrogens (tertiary/aromatic N) is 4. The average molecular weight is 347 g/mol. The summed E-state index contributed by atoms with van der Waals surface area (Å²) in [6, 6.07) is 12.6. The molecule has 0 atom stereocenters. The lowest BCUT2D eigenvalue weighted by Crippen LogP contribution is -2.44. The molecule has 1 fully saturated rings. The highest BCUT2D eigenvalue weighted by molar-refractivity contribution is 5.85. The fourth-order valence-electron chi connectivity index (χ4n) is 3.84. The SMILES string of the molecule is CC(=O)NC1CCN(c2cc(C)c(C#N)c3nc4ccccc4n23)CC1. The maximum atomic E-state index is 11.3. The van der Waals surface area contributed by atoms with E-state index in [2.05, 4.69) is 26.8 Å². The molecule has 6 nitrogen and oxygen atoms in total. The zero-order valence-electron chi connectivity index (χ0n) is 15.0. The minimum Gasteiger partial charge on any atom is -0.358 e. The number of carbonyl (C=O) groups is 1. The number of rotatable bonds is 2. The third-order valence-corrected chi connectivity index (χ3v) is 5.09. The smallest absolute Gasteiger partial charge is 0.217 e. The van der Waals surface area contributed by atoms with Crippen molar-refractivity contribution in [2.24, 2.45) is 0 Å². The van der Waals surface area contributed by atoms with Gasteiger partial charge in [-0.25, -0.2) is 4.98 Å². The molecule has 4 rings (SSSR count). The van der Waals surface area contributed by atoms with Crippen molar-refractivity contribution < 1.29 is 4.79 Å². The molecular formula is C20H21N5O. The molecule has 0 spiro atoms. The van der Waals surface area contributed by atoms with E-state index in [1.54, 1.807) is 6.92 Å². The molecule has 1 N–H and O–H groups in total. The van der Waals surface area contributed by atoms with Gasteiger partial charge in [0.15, 0.2) is 5.65 Å². The summed E-state index contributed by atoms with van der Waals surface area (Å²) in [5, 5.41) is 12.6. The lowest BCUT2D eigenvalue weighted by atomic mass is 10.0. The van der Waals surface area contributed by atoms with Crippen LogP contribution in [0.4, 0.5) is 5.82 Å². The van der Waals surface area contributed by atoms with Crippen molar-refractivity contribution in [3.05, 3.63) is 41.5 Å². The molecule has 0 unspecified atom stereocenters. The molecule has 3 heterocycles. The number of benzene rings is 1. The van der Waals surface area contributed by atoms with Crippen molar-refractivity contribution in [3.63, 3.8) is 0 Å². The highest BCUT2D eigenvalue weighted by Crippen LogP contribution is 2.30. The number of nitriles is 1. The Kier molecular flexibility index (Phi) is 4.00. The van der Waals surface area contributed by atoms with Gasteiger partial charge in [0.2, 0.25) is 5.91 Å². The molecule has 2 aromatic heterocycles. The average Bonchev–Trinajstić information content (AvgIpc) is 3.00. The van der Waals surface area contributed by atoms with Crippen molar-refractivity contribution >= 4 is 28.4 Å². The molecule has 1 aliphatic rings. The van der Waals surface area contributed by atoms with Gasteiger partial charge in [0, 0.05) is 26.1 Å². The molecule has 1 aliphatic heterocycles. The molecule has 0 aliphatic carbocycles. The number of amides is 1. The molecule has 132 valence electrons. The van der Waals surface area contributed by atoms with Gasteiger partial charge in [-0.2, -0.15) is 5.26 Å². The van der Waals surface area contributed by atoms with Gasteiger partial charge in [-0.1, -0.05) is 12.1 Å². The number of anilines is 1. The van der Waals surface area contributed by atoms with E-state index in [-0.39, 0.29) is 11.9 Å². The molecule has 1 aromatic carbocycles. The fraction of sp³-hybridized carbons (Fsp3) is 0.350. The van der Waals surface area contributed by atoms with Crippen LogP contribution in [0.5, 0.6) is 0 Å². The van der Waals surface area contributed by atoms with Crippen LogP contribution in [0, 0.1) is 18.3 Å². The summed E-state index contributed by atoms with van der Waals surface area (Å²) in [5.41, 5.74) is 4.18.